The average molecular weight is 263 g/mol. The monoisotopic (exact) mass is 263 g/mol. The molecule has 5 heteroatoms. The Hall–Kier alpha value is -1.62. The number of nitrogens with zero attached hydrogens (tertiary/aromatic N) is 2. The quantitative estimate of drug-likeness (QED) is 0.852. The van der Waals surface area contributed by atoms with Gasteiger partial charge in [0, 0.05) is 26.8 Å². The highest BCUT2D eigenvalue weighted by molar-refractivity contribution is 5.94. The molecule has 1 saturated carbocycles. The molecule has 2 rings (SSSR count). The van der Waals surface area contributed by atoms with Gasteiger partial charge in [0.25, 0.3) is 5.91 Å². The number of carbonyl (C=O) groups is 1. The largest absolute Gasteiger partial charge is 0.393 e. The minimum atomic E-state index is -0.192. The van der Waals surface area contributed by atoms with Crippen LogP contribution in [0.1, 0.15) is 29.6 Å². The second-order valence-electron chi connectivity index (χ2n) is 5.34. The first kappa shape index (κ1) is 13.8. The number of hydrogen-bond donors (Lipinski definition) is 2. The molecule has 0 saturated heterocycles. The van der Waals surface area contributed by atoms with Crippen molar-refractivity contribution in [3.05, 3.63) is 23.9 Å². The molecule has 0 bridgehead atoms. The van der Waals surface area contributed by atoms with Crippen LogP contribution in [0.3, 0.4) is 0 Å². The van der Waals surface area contributed by atoms with E-state index in [2.05, 4.69) is 10.3 Å². The number of rotatable bonds is 4. The Morgan fingerprint density at radius 3 is 2.79 bits per heavy atom. The predicted molar refractivity (Wildman–Crippen MR) is 74.2 cm³/mol. The van der Waals surface area contributed by atoms with Crippen molar-refractivity contribution in [3.63, 3.8) is 0 Å². The van der Waals surface area contributed by atoms with Crippen molar-refractivity contribution in [2.24, 2.45) is 5.92 Å². The lowest BCUT2D eigenvalue weighted by atomic mass is 10.1. The minimum absolute atomic E-state index is 0.0980. The van der Waals surface area contributed by atoms with Crippen molar-refractivity contribution in [1.29, 1.82) is 0 Å². The zero-order valence-electron chi connectivity index (χ0n) is 11.5. The molecule has 1 aliphatic carbocycles. The van der Waals surface area contributed by atoms with Crippen LogP contribution in [0.2, 0.25) is 0 Å². The molecular formula is C14H21N3O2. The topological polar surface area (TPSA) is 65.5 Å². The zero-order valence-corrected chi connectivity index (χ0v) is 11.5. The highest BCUT2D eigenvalue weighted by Crippen LogP contribution is 2.24. The molecule has 2 unspecified atom stereocenters. The van der Waals surface area contributed by atoms with E-state index in [1.165, 1.54) is 0 Å². The summed E-state index contributed by atoms with van der Waals surface area (Å²) < 4.78 is 0. The standard InChI is InChI=1S/C14H21N3O2/c1-17(2)13-6-4-11(9-15-13)14(19)16-8-10-3-5-12(18)7-10/h4,6,9-10,12,18H,3,5,7-8H2,1-2H3,(H,16,19). The van der Waals surface area contributed by atoms with Gasteiger partial charge in [0.15, 0.2) is 0 Å². The summed E-state index contributed by atoms with van der Waals surface area (Å²) in [4.78, 5) is 18.0. The molecule has 19 heavy (non-hydrogen) atoms. The summed E-state index contributed by atoms with van der Waals surface area (Å²) in [7, 11) is 3.82. The summed E-state index contributed by atoms with van der Waals surface area (Å²) in [6.07, 6.45) is 4.02. The normalized spacial score (nSPS) is 22.3. The van der Waals surface area contributed by atoms with Crippen molar-refractivity contribution in [2.75, 3.05) is 25.5 Å². The van der Waals surface area contributed by atoms with E-state index in [-0.39, 0.29) is 12.0 Å². The van der Waals surface area contributed by atoms with E-state index in [4.69, 9.17) is 0 Å². The summed E-state index contributed by atoms with van der Waals surface area (Å²) in [5.74, 6) is 1.13. The van der Waals surface area contributed by atoms with E-state index >= 15 is 0 Å². The number of carbonyl (C=O) groups excluding carboxylic acids is 1. The molecule has 104 valence electrons. The van der Waals surface area contributed by atoms with Gasteiger partial charge < -0.3 is 15.3 Å². The predicted octanol–water partition coefficient (Wildman–Crippen LogP) is 1.04. The molecule has 0 radical (unpaired) electrons. The highest BCUT2D eigenvalue weighted by Gasteiger charge is 2.23. The van der Waals surface area contributed by atoms with Crippen LogP contribution in [-0.4, -0.2) is 42.7 Å². The minimum Gasteiger partial charge on any atom is -0.393 e. The van der Waals surface area contributed by atoms with Gasteiger partial charge >= 0.3 is 0 Å². The maximum absolute atomic E-state index is 11.9. The third-order valence-corrected chi connectivity index (χ3v) is 3.53. The number of aliphatic hydroxyl groups excluding tert-OH is 1. The van der Waals surface area contributed by atoms with Gasteiger partial charge in [0.1, 0.15) is 5.82 Å². The van der Waals surface area contributed by atoms with E-state index in [0.29, 0.717) is 18.0 Å². The number of pyridine rings is 1. The van der Waals surface area contributed by atoms with Crippen LogP contribution < -0.4 is 10.2 Å². The van der Waals surface area contributed by atoms with Crippen LogP contribution in [0, 0.1) is 5.92 Å². The first-order valence-electron chi connectivity index (χ1n) is 6.66. The summed E-state index contributed by atoms with van der Waals surface area (Å²) in [6, 6.07) is 3.61. The molecule has 0 aromatic carbocycles. The van der Waals surface area contributed by atoms with Crippen LogP contribution in [-0.2, 0) is 0 Å². The Morgan fingerprint density at radius 2 is 2.26 bits per heavy atom. The summed E-state index contributed by atoms with van der Waals surface area (Å²) in [6.45, 7) is 0.630. The van der Waals surface area contributed by atoms with Gasteiger partial charge in [0.05, 0.1) is 11.7 Å². The lowest BCUT2D eigenvalue weighted by Gasteiger charge is -2.13. The second-order valence-corrected chi connectivity index (χ2v) is 5.34. The smallest absolute Gasteiger partial charge is 0.252 e. The fraction of sp³-hybridized carbons (Fsp3) is 0.571. The molecule has 1 fully saturated rings. The lowest BCUT2D eigenvalue weighted by Crippen LogP contribution is -2.28. The maximum Gasteiger partial charge on any atom is 0.252 e. The molecule has 5 nitrogen and oxygen atoms in total. The molecule has 1 heterocycles. The first-order chi connectivity index (χ1) is 9.06. The molecule has 1 amide bonds. The number of aromatic nitrogens is 1. The van der Waals surface area contributed by atoms with Crippen LogP contribution in [0.5, 0.6) is 0 Å². The lowest BCUT2D eigenvalue weighted by molar-refractivity contribution is 0.0944. The molecule has 2 N–H and O–H groups in total. The van der Waals surface area contributed by atoms with Crippen LogP contribution in [0.4, 0.5) is 5.82 Å². The number of hydrogen-bond acceptors (Lipinski definition) is 4. The number of nitrogens with one attached hydrogen (secondary N) is 1. The SMILES string of the molecule is CN(C)c1ccc(C(=O)NCC2CCC(O)C2)cn1. The Morgan fingerprint density at radius 1 is 1.47 bits per heavy atom. The number of aliphatic hydroxyl groups is 1. The Bertz CT molecular complexity index is 431. The summed E-state index contributed by atoms with van der Waals surface area (Å²) in [5.41, 5.74) is 0.573. The van der Waals surface area contributed by atoms with Gasteiger partial charge in [-0.05, 0) is 37.3 Å². The molecule has 1 aromatic heterocycles. The van der Waals surface area contributed by atoms with Crippen molar-refractivity contribution < 1.29 is 9.90 Å². The van der Waals surface area contributed by atoms with E-state index in [1.54, 1.807) is 12.3 Å². The molecule has 2 atom stereocenters. The third-order valence-electron chi connectivity index (χ3n) is 3.53. The second kappa shape index (κ2) is 6.02. The fourth-order valence-electron chi connectivity index (χ4n) is 2.36. The molecule has 1 aliphatic rings. The maximum atomic E-state index is 11.9. The van der Waals surface area contributed by atoms with Crippen molar-refractivity contribution in [3.8, 4) is 0 Å². The van der Waals surface area contributed by atoms with E-state index in [1.807, 2.05) is 25.1 Å². The average Bonchev–Trinajstić information content (AvgIpc) is 2.82. The number of anilines is 1. The number of amides is 1. The van der Waals surface area contributed by atoms with Gasteiger partial charge in [0.2, 0.25) is 0 Å². The van der Waals surface area contributed by atoms with Gasteiger partial charge in [-0.2, -0.15) is 0 Å². The van der Waals surface area contributed by atoms with E-state index in [0.717, 1.165) is 25.1 Å². The van der Waals surface area contributed by atoms with Crippen molar-refractivity contribution >= 4 is 11.7 Å². The van der Waals surface area contributed by atoms with Crippen LogP contribution >= 0.6 is 0 Å². The highest BCUT2D eigenvalue weighted by atomic mass is 16.3. The summed E-state index contributed by atoms with van der Waals surface area (Å²) >= 11 is 0. The zero-order chi connectivity index (χ0) is 13.8. The third kappa shape index (κ3) is 3.67. The van der Waals surface area contributed by atoms with Gasteiger partial charge in [-0.3, -0.25) is 4.79 Å². The first-order valence-corrected chi connectivity index (χ1v) is 6.66. The van der Waals surface area contributed by atoms with Crippen molar-refractivity contribution in [1.82, 2.24) is 10.3 Å². The Balaban J connectivity index is 1.85. The molecule has 0 aliphatic heterocycles. The van der Waals surface area contributed by atoms with Crippen molar-refractivity contribution in [2.45, 2.75) is 25.4 Å². The Labute approximate surface area is 113 Å². The van der Waals surface area contributed by atoms with Gasteiger partial charge in [-0.15, -0.1) is 0 Å². The van der Waals surface area contributed by atoms with Crippen LogP contribution in [0.25, 0.3) is 0 Å². The fourth-order valence-corrected chi connectivity index (χ4v) is 2.36. The Kier molecular flexibility index (Phi) is 4.37. The summed E-state index contributed by atoms with van der Waals surface area (Å²) in [5, 5.41) is 12.3. The van der Waals surface area contributed by atoms with Gasteiger partial charge in [-0.25, -0.2) is 4.98 Å². The van der Waals surface area contributed by atoms with Crippen LogP contribution in [0.15, 0.2) is 18.3 Å². The molecule has 1 aromatic rings. The molecule has 0 spiro atoms. The van der Waals surface area contributed by atoms with E-state index in [9.17, 15) is 9.90 Å². The van der Waals surface area contributed by atoms with Gasteiger partial charge in [-0.1, -0.05) is 0 Å². The van der Waals surface area contributed by atoms with E-state index < -0.39 is 0 Å². The molecular weight excluding hydrogens is 242 g/mol.